The second kappa shape index (κ2) is 7.88. The average molecular weight is 388 g/mol. The molecular weight excluding hydrogens is 366 g/mol. The molecule has 7 heteroatoms. The molecule has 128 valence electrons. The summed E-state index contributed by atoms with van der Waals surface area (Å²) in [6.45, 7) is 1.17. The molecule has 1 fully saturated rings. The molecule has 1 aromatic carbocycles. The van der Waals surface area contributed by atoms with Gasteiger partial charge in [0.05, 0.1) is 13.7 Å². The Labute approximate surface area is 144 Å². The summed E-state index contributed by atoms with van der Waals surface area (Å²) in [5, 5.41) is 11.6. The SMILES string of the molecule is COCCCOc1cc(CC2(NC(=O)O)CC2)c(Br)cc1OC. The molecule has 0 spiro atoms. The molecule has 6 nitrogen and oxygen atoms in total. The maximum absolute atomic E-state index is 10.9. The summed E-state index contributed by atoms with van der Waals surface area (Å²) in [4.78, 5) is 10.9. The van der Waals surface area contributed by atoms with Gasteiger partial charge in [0.1, 0.15) is 0 Å². The third-order valence-electron chi connectivity index (χ3n) is 3.84. The maximum Gasteiger partial charge on any atom is 0.405 e. The van der Waals surface area contributed by atoms with Crippen LogP contribution in [0.25, 0.3) is 0 Å². The van der Waals surface area contributed by atoms with E-state index in [4.69, 9.17) is 19.3 Å². The van der Waals surface area contributed by atoms with Crippen molar-refractivity contribution in [2.45, 2.75) is 31.2 Å². The highest BCUT2D eigenvalue weighted by Gasteiger charge is 2.44. The molecule has 1 aromatic rings. The van der Waals surface area contributed by atoms with Gasteiger partial charge < -0.3 is 24.6 Å². The standard InChI is InChI=1S/C16H22BrNO5/c1-21-6-3-7-23-14-8-11(12(17)9-13(14)22-2)10-16(4-5-16)18-15(19)20/h8-9,18H,3-7,10H2,1-2H3,(H,19,20). The zero-order chi connectivity index (χ0) is 16.9. The zero-order valence-corrected chi connectivity index (χ0v) is 14.9. The molecule has 23 heavy (non-hydrogen) atoms. The number of amides is 1. The molecule has 1 saturated carbocycles. The summed E-state index contributed by atoms with van der Waals surface area (Å²) >= 11 is 3.53. The fourth-order valence-corrected chi connectivity index (χ4v) is 2.92. The van der Waals surface area contributed by atoms with Gasteiger partial charge >= 0.3 is 6.09 Å². The van der Waals surface area contributed by atoms with Crippen LogP contribution in [0.15, 0.2) is 16.6 Å². The van der Waals surface area contributed by atoms with Crippen molar-refractivity contribution in [1.29, 1.82) is 0 Å². The van der Waals surface area contributed by atoms with Crippen LogP contribution in [-0.2, 0) is 11.2 Å². The van der Waals surface area contributed by atoms with Crippen LogP contribution in [0.3, 0.4) is 0 Å². The van der Waals surface area contributed by atoms with Crippen LogP contribution in [0, 0.1) is 0 Å². The average Bonchev–Trinajstić information content (AvgIpc) is 3.24. The van der Waals surface area contributed by atoms with E-state index in [2.05, 4.69) is 21.2 Å². The molecule has 1 amide bonds. The number of methoxy groups -OCH3 is 2. The summed E-state index contributed by atoms with van der Waals surface area (Å²) in [7, 11) is 3.25. The first kappa shape index (κ1) is 17.9. The first-order valence-electron chi connectivity index (χ1n) is 7.49. The van der Waals surface area contributed by atoms with E-state index in [1.165, 1.54) is 0 Å². The van der Waals surface area contributed by atoms with E-state index in [0.717, 1.165) is 29.3 Å². The van der Waals surface area contributed by atoms with Crippen LogP contribution >= 0.6 is 15.9 Å². The van der Waals surface area contributed by atoms with Gasteiger partial charge in [-0.05, 0) is 37.0 Å². The van der Waals surface area contributed by atoms with Gasteiger partial charge in [0.25, 0.3) is 0 Å². The lowest BCUT2D eigenvalue weighted by Gasteiger charge is -2.18. The number of benzene rings is 1. The smallest absolute Gasteiger partial charge is 0.405 e. The molecule has 0 heterocycles. The minimum absolute atomic E-state index is 0.351. The Balaban J connectivity index is 2.11. The monoisotopic (exact) mass is 387 g/mol. The Morgan fingerprint density at radius 2 is 2.04 bits per heavy atom. The van der Waals surface area contributed by atoms with Gasteiger partial charge in [-0.1, -0.05) is 15.9 Å². The molecule has 0 radical (unpaired) electrons. The zero-order valence-electron chi connectivity index (χ0n) is 13.4. The minimum Gasteiger partial charge on any atom is -0.493 e. The van der Waals surface area contributed by atoms with Crippen molar-refractivity contribution in [3.8, 4) is 11.5 Å². The lowest BCUT2D eigenvalue weighted by molar-refractivity contribution is 0.170. The van der Waals surface area contributed by atoms with Gasteiger partial charge in [-0.25, -0.2) is 4.79 Å². The minimum atomic E-state index is -0.983. The number of hydrogen-bond donors (Lipinski definition) is 2. The van der Waals surface area contributed by atoms with Gasteiger partial charge in [-0.3, -0.25) is 0 Å². The maximum atomic E-state index is 10.9. The summed E-state index contributed by atoms with van der Waals surface area (Å²) < 4.78 is 17.0. The molecule has 0 bridgehead atoms. The Morgan fingerprint density at radius 3 is 2.61 bits per heavy atom. The normalized spacial score (nSPS) is 15.1. The van der Waals surface area contributed by atoms with Gasteiger partial charge in [-0.15, -0.1) is 0 Å². The molecule has 0 unspecified atom stereocenters. The largest absolute Gasteiger partial charge is 0.493 e. The molecule has 1 aliphatic carbocycles. The Bertz CT molecular complexity index is 560. The lowest BCUT2D eigenvalue weighted by Crippen LogP contribution is -2.37. The third-order valence-corrected chi connectivity index (χ3v) is 4.58. The third kappa shape index (κ3) is 5.00. The molecule has 0 atom stereocenters. The molecule has 0 saturated heterocycles. The van der Waals surface area contributed by atoms with Crippen LogP contribution in [-0.4, -0.2) is 44.2 Å². The summed E-state index contributed by atoms with van der Waals surface area (Å²) in [5.41, 5.74) is 0.648. The number of nitrogens with one attached hydrogen (secondary N) is 1. The van der Waals surface area contributed by atoms with E-state index in [1.54, 1.807) is 14.2 Å². The number of carboxylic acid groups (broad SMARTS) is 1. The highest BCUT2D eigenvalue weighted by Crippen LogP contribution is 2.42. The molecule has 0 aliphatic heterocycles. The van der Waals surface area contributed by atoms with Crippen LogP contribution in [0.1, 0.15) is 24.8 Å². The fourth-order valence-electron chi connectivity index (χ4n) is 2.46. The number of carbonyl (C=O) groups is 1. The van der Waals surface area contributed by atoms with E-state index < -0.39 is 6.09 Å². The second-order valence-electron chi connectivity index (χ2n) is 5.68. The summed E-state index contributed by atoms with van der Waals surface area (Å²) in [5.74, 6) is 1.31. The molecule has 0 aromatic heterocycles. The summed E-state index contributed by atoms with van der Waals surface area (Å²) in [6, 6.07) is 3.77. The quantitative estimate of drug-likeness (QED) is 0.636. The highest BCUT2D eigenvalue weighted by molar-refractivity contribution is 9.10. The van der Waals surface area contributed by atoms with Gasteiger partial charge in [-0.2, -0.15) is 0 Å². The van der Waals surface area contributed by atoms with Crippen LogP contribution in [0.4, 0.5) is 4.79 Å². The Kier molecular flexibility index (Phi) is 6.12. The first-order chi connectivity index (χ1) is 11.0. The topological polar surface area (TPSA) is 77.0 Å². The van der Waals surface area contributed by atoms with Crippen molar-refractivity contribution >= 4 is 22.0 Å². The Hall–Kier alpha value is -1.47. The van der Waals surface area contributed by atoms with Gasteiger partial charge in [0.15, 0.2) is 11.5 Å². The molecular formula is C16H22BrNO5. The van der Waals surface area contributed by atoms with Crippen LogP contribution in [0.5, 0.6) is 11.5 Å². The van der Waals surface area contributed by atoms with E-state index in [0.29, 0.717) is 31.1 Å². The molecule has 1 aliphatic rings. The number of rotatable bonds is 9. The van der Waals surface area contributed by atoms with Crippen LogP contribution < -0.4 is 14.8 Å². The van der Waals surface area contributed by atoms with Crippen molar-refractivity contribution in [2.75, 3.05) is 27.4 Å². The number of hydrogen-bond acceptors (Lipinski definition) is 4. The van der Waals surface area contributed by atoms with E-state index >= 15 is 0 Å². The predicted molar refractivity (Wildman–Crippen MR) is 89.5 cm³/mol. The number of ether oxygens (including phenoxy) is 3. The Morgan fingerprint density at radius 1 is 1.30 bits per heavy atom. The fraction of sp³-hybridized carbons (Fsp3) is 0.562. The van der Waals surface area contributed by atoms with Crippen molar-refractivity contribution in [2.24, 2.45) is 0 Å². The van der Waals surface area contributed by atoms with Crippen molar-refractivity contribution in [3.05, 3.63) is 22.2 Å². The van der Waals surface area contributed by atoms with Crippen LogP contribution in [0.2, 0.25) is 0 Å². The van der Waals surface area contributed by atoms with Crippen molar-refractivity contribution in [3.63, 3.8) is 0 Å². The second-order valence-corrected chi connectivity index (χ2v) is 6.53. The predicted octanol–water partition coefficient (Wildman–Crippen LogP) is 3.22. The van der Waals surface area contributed by atoms with Gasteiger partial charge in [0, 0.05) is 30.1 Å². The first-order valence-corrected chi connectivity index (χ1v) is 8.28. The van der Waals surface area contributed by atoms with Crippen molar-refractivity contribution < 1.29 is 24.1 Å². The number of halogens is 1. The highest BCUT2D eigenvalue weighted by atomic mass is 79.9. The van der Waals surface area contributed by atoms with E-state index in [9.17, 15) is 4.79 Å². The van der Waals surface area contributed by atoms with Gasteiger partial charge in [0.2, 0.25) is 0 Å². The summed E-state index contributed by atoms with van der Waals surface area (Å²) in [6.07, 6.45) is 2.13. The van der Waals surface area contributed by atoms with E-state index in [1.807, 2.05) is 12.1 Å². The van der Waals surface area contributed by atoms with Crippen molar-refractivity contribution in [1.82, 2.24) is 5.32 Å². The molecule has 2 N–H and O–H groups in total. The lowest BCUT2D eigenvalue weighted by atomic mass is 10.0. The molecule has 2 rings (SSSR count). The van der Waals surface area contributed by atoms with E-state index in [-0.39, 0.29) is 5.54 Å².